The number of thioether (sulfide) groups is 1. The van der Waals surface area contributed by atoms with Gasteiger partial charge in [-0.3, -0.25) is 0 Å². The Kier molecular flexibility index (Phi) is 4.01. The lowest BCUT2D eigenvalue weighted by Crippen LogP contribution is -2.23. The second-order valence-corrected chi connectivity index (χ2v) is 2.82. The van der Waals surface area contributed by atoms with E-state index in [0.717, 1.165) is 11.3 Å². The molecule has 0 aliphatic heterocycles. The Hall–Kier alpha value is 0.0500. The molecule has 0 saturated carbocycles. The molecule has 2 N–H and O–H groups in total. The molecule has 0 aliphatic carbocycles. The smallest absolute Gasteiger partial charge is 0.0340 e. The maximum Gasteiger partial charge on any atom is 0.0340 e. The first kappa shape index (κ1) is 8.05. The third kappa shape index (κ3) is 3.10. The summed E-state index contributed by atoms with van der Waals surface area (Å²) >= 11 is 1.75. The monoisotopic (exact) mass is 131 g/mol. The van der Waals surface area contributed by atoms with E-state index in [1.54, 1.807) is 11.8 Å². The van der Waals surface area contributed by atoms with Crippen molar-refractivity contribution in [1.29, 1.82) is 0 Å². The van der Waals surface area contributed by atoms with Crippen LogP contribution in [0.25, 0.3) is 0 Å². The van der Waals surface area contributed by atoms with Crippen LogP contribution in [0.1, 0.15) is 6.92 Å². The van der Waals surface area contributed by atoms with Gasteiger partial charge in [0.15, 0.2) is 0 Å². The summed E-state index contributed by atoms with van der Waals surface area (Å²) in [5, 5.41) is 0. The Morgan fingerprint density at radius 2 is 2.38 bits per heavy atom. The zero-order valence-electron chi connectivity index (χ0n) is 5.48. The molecule has 0 saturated heterocycles. The largest absolute Gasteiger partial charge is 0.324 e. The fourth-order valence-corrected chi connectivity index (χ4v) is 0.965. The van der Waals surface area contributed by atoms with E-state index in [1.165, 1.54) is 0 Å². The Balaban J connectivity index is 3.32. The van der Waals surface area contributed by atoms with Crippen LogP contribution in [0.3, 0.4) is 0 Å². The average Bonchev–Trinajstić information content (AvgIpc) is 1.67. The quantitative estimate of drug-likeness (QED) is 0.583. The lowest BCUT2D eigenvalue weighted by atomic mass is 10.2. The topological polar surface area (TPSA) is 26.0 Å². The van der Waals surface area contributed by atoms with Gasteiger partial charge >= 0.3 is 0 Å². The van der Waals surface area contributed by atoms with Crippen LogP contribution in [-0.4, -0.2) is 18.1 Å². The van der Waals surface area contributed by atoms with Gasteiger partial charge in [-0.1, -0.05) is 12.2 Å². The summed E-state index contributed by atoms with van der Waals surface area (Å²) in [5.74, 6) is 0.981. The maximum absolute atomic E-state index is 5.61. The van der Waals surface area contributed by atoms with Gasteiger partial charge in [0, 0.05) is 11.8 Å². The normalized spacial score (nSPS) is 13.4. The van der Waals surface area contributed by atoms with E-state index in [1.807, 2.05) is 13.2 Å². The van der Waals surface area contributed by atoms with Gasteiger partial charge in [0.25, 0.3) is 0 Å². The van der Waals surface area contributed by atoms with Gasteiger partial charge in [-0.05, 0) is 13.2 Å². The van der Waals surface area contributed by atoms with Gasteiger partial charge in [0.1, 0.15) is 0 Å². The van der Waals surface area contributed by atoms with Gasteiger partial charge in [0.05, 0.1) is 0 Å². The molecule has 0 radical (unpaired) electrons. The molecular weight excluding hydrogens is 118 g/mol. The summed E-state index contributed by atoms with van der Waals surface area (Å²) in [4.78, 5) is 0. The second kappa shape index (κ2) is 3.98. The highest BCUT2D eigenvalue weighted by Crippen LogP contribution is 2.01. The van der Waals surface area contributed by atoms with Crippen molar-refractivity contribution in [2.75, 3.05) is 12.0 Å². The summed E-state index contributed by atoms with van der Waals surface area (Å²) in [6, 6.07) is 0.185. The molecule has 0 rings (SSSR count). The minimum Gasteiger partial charge on any atom is -0.324 e. The molecule has 1 unspecified atom stereocenters. The molecule has 2 heteroatoms. The molecule has 0 heterocycles. The molecular formula is C6H13NS. The molecule has 0 aromatic carbocycles. The van der Waals surface area contributed by atoms with Crippen molar-refractivity contribution in [3.63, 3.8) is 0 Å². The van der Waals surface area contributed by atoms with E-state index >= 15 is 0 Å². The van der Waals surface area contributed by atoms with Crippen LogP contribution in [0, 0.1) is 0 Å². The summed E-state index contributed by atoms with van der Waals surface area (Å²) in [6.45, 7) is 5.69. The van der Waals surface area contributed by atoms with E-state index in [0.29, 0.717) is 0 Å². The molecule has 0 bridgehead atoms. The molecule has 1 nitrogen and oxygen atoms in total. The molecule has 0 spiro atoms. The van der Waals surface area contributed by atoms with Crippen LogP contribution in [0.2, 0.25) is 0 Å². The fourth-order valence-electron chi connectivity index (χ4n) is 0.322. The van der Waals surface area contributed by atoms with Crippen molar-refractivity contribution in [2.45, 2.75) is 13.0 Å². The van der Waals surface area contributed by atoms with Gasteiger partial charge in [-0.15, -0.1) is 0 Å². The molecule has 1 atom stereocenters. The van der Waals surface area contributed by atoms with Crippen LogP contribution in [0.4, 0.5) is 0 Å². The van der Waals surface area contributed by atoms with Crippen molar-refractivity contribution in [3.8, 4) is 0 Å². The number of hydrogen-bond acceptors (Lipinski definition) is 2. The SMILES string of the molecule is C=C(C)C(N)CSC. The average molecular weight is 131 g/mol. The van der Waals surface area contributed by atoms with E-state index in [-0.39, 0.29) is 6.04 Å². The minimum atomic E-state index is 0.185. The van der Waals surface area contributed by atoms with Crippen molar-refractivity contribution in [3.05, 3.63) is 12.2 Å². The minimum absolute atomic E-state index is 0.185. The summed E-state index contributed by atoms with van der Waals surface area (Å²) in [6.07, 6.45) is 2.04. The zero-order chi connectivity index (χ0) is 6.57. The second-order valence-electron chi connectivity index (χ2n) is 1.91. The molecule has 0 aromatic rings. The first-order chi connectivity index (χ1) is 3.68. The lowest BCUT2D eigenvalue weighted by Gasteiger charge is -2.07. The standard InChI is InChI=1S/C6H13NS/c1-5(2)6(7)4-8-3/h6H,1,4,7H2,2-3H3. The fraction of sp³-hybridized carbons (Fsp3) is 0.667. The van der Waals surface area contributed by atoms with Crippen LogP contribution in [-0.2, 0) is 0 Å². The van der Waals surface area contributed by atoms with Gasteiger partial charge in [-0.25, -0.2) is 0 Å². The molecule has 48 valence electrons. The highest BCUT2D eigenvalue weighted by molar-refractivity contribution is 7.98. The Morgan fingerprint density at radius 1 is 1.88 bits per heavy atom. The molecule has 8 heavy (non-hydrogen) atoms. The van der Waals surface area contributed by atoms with Crippen molar-refractivity contribution in [2.24, 2.45) is 5.73 Å². The Labute approximate surface area is 55.3 Å². The van der Waals surface area contributed by atoms with E-state index in [4.69, 9.17) is 5.73 Å². The number of hydrogen-bond donors (Lipinski definition) is 1. The van der Waals surface area contributed by atoms with Crippen LogP contribution in [0.5, 0.6) is 0 Å². The third-order valence-electron chi connectivity index (χ3n) is 0.979. The highest BCUT2D eigenvalue weighted by atomic mass is 32.2. The first-order valence-corrected chi connectivity index (χ1v) is 3.97. The zero-order valence-corrected chi connectivity index (χ0v) is 6.29. The van der Waals surface area contributed by atoms with E-state index in [9.17, 15) is 0 Å². The molecule has 0 aliphatic rings. The maximum atomic E-state index is 5.61. The van der Waals surface area contributed by atoms with Crippen molar-refractivity contribution < 1.29 is 0 Å². The molecule has 0 aromatic heterocycles. The lowest BCUT2D eigenvalue weighted by molar-refractivity contribution is 0.879. The van der Waals surface area contributed by atoms with Gasteiger partial charge in [0.2, 0.25) is 0 Å². The highest BCUT2D eigenvalue weighted by Gasteiger charge is 1.98. The van der Waals surface area contributed by atoms with Gasteiger partial charge in [-0.2, -0.15) is 11.8 Å². The predicted molar refractivity (Wildman–Crippen MR) is 41.2 cm³/mol. The third-order valence-corrected chi connectivity index (χ3v) is 1.67. The Bertz CT molecular complexity index is 80.6. The van der Waals surface area contributed by atoms with Crippen LogP contribution in [0.15, 0.2) is 12.2 Å². The Morgan fingerprint density at radius 3 is 2.50 bits per heavy atom. The van der Waals surface area contributed by atoms with E-state index < -0.39 is 0 Å². The first-order valence-electron chi connectivity index (χ1n) is 2.58. The molecule has 0 amide bonds. The van der Waals surface area contributed by atoms with Crippen LogP contribution >= 0.6 is 11.8 Å². The van der Waals surface area contributed by atoms with Crippen LogP contribution < -0.4 is 5.73 Å². The summed E-state index contributed by atoms with van der Waals surface area (Å²) < 4.78 is 0. The molecule has 0 fully saturated rings. The van der Waals surface area contributed by atoms with Crippen molar-refractivity contribution >= 4 is 11.8 Å². The van der Waals surface area contributed by atoms with E-state index in [2.05, 4.69) is 6.58 Å². The summed E-state index contributed by atoms with van der Waals surface area (Å²) in [5.41, 5.74) is 6.68. The van der Waals surface area contributed by atoms with Gasteiger partial charge < -0.3 is 5.73 Å². The van der Waals surface area contributed by atoms with Crippen molar-refractivity contribution in [1.82, 2.24) is 0 Å². The number of rotatable bonds is 3. The summed E-state index contributed by atoms with van der Waals surface area (Å²) in [7, 11) is 0. The predicted octanol–water partition coefficient (Wildman–Crippen LogP) is 1.25. The number of nitrogens with two attached hydrogens (primary N) is 1.